The van der Waals surface area contributed by atoms with Gasteiger partial charge >= 0.3 is 6.36 Å². The zero-order valence-corrected chi connectivity index (χ0v) is 11.6. The summed E-state index contributed by atoms with van der Waals surface area (Å²) in [5.74, 6) is -0.254. The summed E-state index contributed by atoms with van der Waals surface area (Å²) in [7, 11) is 0. The molecule has 0 saturated heterocycles. The van der Waals surface area contributed by atoms with Crippen LogP contribution in [0.15, 0.2) is 36.4 Å². The van der Waals surface area contributed by atoms with Crippen LogP contribution in [0.25, 0.3) is 11.1 Å². The standard InChI is InChI=1S/C15H12ClF3O/c1-9-3-5-13(16)11(7-9)12-8-10(2)4-6-14(12)20-15(17,18)19/h3-8H,1-2H3. The third-order valence-corrected chi connectivity index (χ3v) is 3.10. The number of aryl methyl sites for hydroxylation is 2. The maximum Gasteiger partial charge on any atom is 0.573 e. The first kappa shape index (κ1) is 14.7. The second kappa shape index (κ2) is 5.37. The second-order valence-corrected chi connectivity index (χ2v) is 4.94. The van der Waals surface area contributed by atoms with Crippen LogP contribution in [-0.2, 0) is 0 Å². The summed E-state index contributed by atoms with van der Waals surface area (Å²) in [6.07, 6.45) is -4.74. The van der Waals surface area contributed by atoms with Crippen molar-refractivity contribution in [2.24, 2.45) is 0 Å². The molecular weight excluding hydrogens is 289 g/mol. The van der Waals surface area contributed by atoms with Gasteiger partial charge < -0.3 is 4.74 Å². The smallest absolute Gasteiger partial charge is 0.405 e. The van der Waals surface area contributed by atoms with E-state index in [4.69, 9.17) is 11.6 Å². The van der Waals surface area contributed by atoms with Gasteiger partial charge in [-0.1, -0.05) is 34.9 Å². The highest BCUT2D eigenvalue weighted by Crippen LogP contribution is 2.38. The van der Waals surface area contributed by atoms with Crippen molar-refractivity contribution >= 4 is 11.6 Å². The molecule has 2 aromatic rings. The molecule has 0 aliphatic heterocycles. The van der Waals surface area contributed by atoms with Crippen molar-refractivity contribution < 1.29 is 17.9 Å². The van der Waals surface area contributed by atoms with Gasteiger partial charge in [0.05, 0.1) is 0 Å². The van der Waals surface area contributed by atoms with Crippen LogP contribution in [0.5, 0.6) is 5.75 Å². The van der Waals surface area contributed by atoms with E-state index < -0.39 is 6.36 Å². The minimum atomic E-state index is -4.74. The summed E-state index contributed by atoms with van der Waals surface area (Å²) in [5, 5.41) is 0.383. The molecule has 106 valence electrons. The molecule has 0 aliphatic carbocycles. The molecule has 0 radical (unpaired) electrons. The summed E-state index contributed by atoms with van der Waals surface area (Å²) in [6, 6.07) is 9.69. The largest absolute Gasteiger partial charge is 0.573 e. The Kier molecular flexibility index (Phi) is 3.95. The van der Waals surface area contributed by atoms with Crippen LogP contribution in [0.4, 0.5) is 13.2 Å². The Labute approximate surface area is 119 Å². The Hall–Kier alpha value is -1.68. The maximum atomic E-state index is 12.5. The molecule has 0 spiro atoms. The summed E-state index contributed by atoms with van der Waals surface area (Å²) >= 11 is 6.09. The Morgan fingerprint density at radius 3 is 2.05 bits per heavy atom. The molecule has 0 bridgehead atoms. The second-order valence-electron chi connectivity index (χ2n) is 4.53. The van der Waals surface area contributed by atoms with Crippen LogP contribution in [0.3, 0.4) is 0 Å². The third kappa shape index (κ3) is 3.45. The van der Waals surface area contributed by atoms with E-state index in [9.17, 15) is 13.2 Å². The van der Waals surface area contributed by atoms with Crippen molar-refractivity contribution in [2.75, 3.05) is 0 Å². The predicted molar refractivity (Wildman–Crippen MR) is 73.0 cm³/mol. The molecule has 0 amide bonds. The van der Waals surface area contributed by atoms with E-state index in [0.29, 0.717) is 16.1 Å². The van der Waals surface area contributed by atoms with Crippen molar-refractivity contribution in [1.82, 2.24) is 0 Å². The molecule has 0 aliphatic rings. The zero-order valence-electron chi connectivity index (χ0n) is 10.9. The van der Waals surface area contributed by atoms with Crippen LogP contribution in [0.2, 0.25) is 5.02 Å². The minimum Gasteiger partial charge on any atom is -0.405 e. The molecule has 5 heteroatoms. The van der Waals surface area contributed by atoms with Crippen molar-refractivity contribution in [1.29, 1.82) is 0 Å². The van der Waals surface area contributed by atoms with E-state index in [1.165, 1.54) is 6.07 Å². The fourth-order valence-electron chi connectivity index (χ4n) is 1.91. The fraction of sp³-hybridized carbons (Fsp3) is 0.200. The number of alkyl halides is 3. The highest BCUT2D eigenvalue weighted by Gasteiger charge is 2.32. The first-order valence-electron chi connectivity index (χ1n) is 5.89. The van der Waals surface area contributed by atoms with Crippen LogP contribution < -0.4 is 4.74 Å². The van der Waals surface area contributed by atoms with Crippen LogP contribution in [0, 0.1) is 13.8 Å². The van der Waals surface area contributed by atoms with Crippen molar-refractivity contribution in [3.8, 4) is 16.9 Å². The average molecular weight is 301 g/mol. The van der Waals surface area contributed by atoms with E-state index in [-0.39, 0.29) is 5.75 Å². The lowest BCUT2D eigenvalue weighted by Gasteiger charge is -2.15. The molecular formula is C15H12ClF3O. The number of hydrogen-bond donors (Lipinski definition) is 0. The third-order valence-electron chi connectivity index (χ3n) is 2.77. The number of benzene rings is 2. The molecule has 0 aromatic heterocycles. The van der Waals surface area contributed by atoms with Crippen molar-refractivity contribution in [2.45, 2.75) is 20.2 Å². The van der Waals surface area contributed by atoms with Gasteiger partial charge in [0.2, 0.25) is 0 Å². The molecule has 2 aromatic carbocycles. The average Bonchev–Trinajstić information content (AvgIpc) is 2.33. The fourth-order valence-corrected chi connectivity index (χ4v) is 2.13. The maximum absolute atomic E-state index is 12.5. The van der Waals surface area contributed by atoms with Gasteiger partial charge in [0.1, 0.15) is 5.75 Å². The van der Waals surface area contributed by atoms with E-state index in [0.717, 1.165) is 11.1 Å². The predicted octanol–water partition coefficient (Wildman–Crippen LogP) is 5.52. The Bertz CT molecular complexity index is 636. The van der Waals surface area contributed by atoms with Crippen LogP contribution in [0.1, 0.15) is 11.1 Å². The highest BCUT2D eigenvalue weighted by atomic mass is 35.5. The summed E-state index contributed by atoms with van der Waals surface area (Å²) < 4.78 is 41.5. The van der Waals surface area contributed by atoms with E-state index >= 15 is 0 Å². The molecule has 0 atom stereocenters. The lowest BCUT2D eigenvalue weighted by atomic mass is 10.0. The molecule has 2 rings (SSSR count). The monoisotopic (exact) mass is 300 g/mol. The molecule has 0 saturated carbocycles. The zero-order chi connectivity index (χ0) is 14.9. The van der Waals surface area contributed by atoms with Gasteiger partial charge in [-0.3, -0.25) is 0 Å². The number of rotatable bonds is 2. The summed E-state index contributed by atoms with van der Waals surface area (Å²) in [5.41, 5.74) is 2.58. The van der Waals surface area contributed by atoms with Gasteiger partial charge in [-0.05, 0) is 38.1 Å². The lowest BCUT2D eigenvalue weighted by Crippen LogP contribution is -2.17. The highest BCUT2D eigenvalue weighted by molar-refractivity contribution is 6.33. The Morgan fingerprint density at radius 1 is 0.900 bits per heavy atom. The number of hydrogen-bond acceptors (Lipinski definition) is 1. The number of ether oxygens (including phenoxy) is 1. The summed E-state index contributed by atoms with van der Waals surface area (Å²) in [6.45, 7) is 3.64. The quantitative estimate of drug-likeness (QED) is 0.709. The minimum absolute atomic E-state index is 0.254. The molecule has 0 N–H and O–H groups in total. The summed E-state index contributed by atoms with van der Waals surface area (Å²) in [4.78, 5) is 0. The van der Waals surface area contributed by atoms with Gasteiger partial charge in [-0.2, -0.15) is 0 Å². The van der Waals surface area contributed by atoms with Crippen LogP contribution >= 0.6 is 11.6 Å². The molecule has 20 heavy (non-hydrogen) atoms. The van der Waals surface area contributed by atoms with Gasteiger partial charge in [-0.25, -0.2) is 0 Å². The molecule has 0 heterocycles. The Balaban J connectivity index is 2.60. The first-order chi connectivity index (χ1) is 9.26. The van der Waals surface area contributed by atoms with Gasteiger partial charge in [0, 0.05) is 16.1 Å². The van der Waals surface area contributed by atoms with Crippen molar-refractivity contribution in [3.63, 3.8) is 0 Å². The normalized spacial score (nSPS) is 11.5. The molecule has 1 nitrogen and oxygen atoms in total. The van der Waals surface area contributed by atoms with Gasteiger partial charge in [0.25, 0.3) is 0 Å². The van der Waals surface area contributed by atoms with E-state index in [1.807, 2.05) is 6.92 Å². The van der Waals surface area contributed by atoms with E-state index in [2.05, 4.69) is 4.74 Å². The topological polar surface area (TPSA) is 9.23 Å². The SMILES string of the molecule is Cc1ccc(Cl)c(-c2cc(C)ccc2OC(F)(F)F)c1. The molecule has 0 fully saturated rings. The van der Waals surface area contributed by atoms with Gasteiger partial charge in [0.15, 0.2) is 0 Å². The van der Waals surface area contributed by atoms with Crippen molar-refractivity contribution in [3.05, 3.63) is 52.5 Å². The van der Waals surface area contributed by atoms with Crippen LogP contribution in [-0.4, -0.2) is 6.36 Å². The number of halogens is 4. The van der Waals surface area contributed by atoms with Gasteiger partial charge in [-0.15, -0.1) is 13.2 Å². The molecule has 0 unspecified atom stereocenters. The Morgan fingerprint density at radius 2 is 1.45 bits per heavy atom. The lowest BCUT2D eigenvalue weighted by molar-refractivity contribution is -0.274. The first-order valence-corrected chi connectivity index (χ1v) is 6.27. The van der Waals surface area contributed by atoms with E-state index in [1.54, 1.807) is 37.3 Å².